The Balaban J connectivity index is 1.84. The first-order valence-corrected chi connectivity index (χ1v) is 7.94. The number of carbonyl (C=O) groups is 1. The van der Waals surface area contributed by atoms with Crippen molar-refractivity contribution in [3.05, 3.63) is 65.5 Å². The van der Waals surface area contributed by atoms with Crippen LogP contribution in [0.4, 0.5) is 22.0 Å². The number of benzene rings is 1. The van der Waals surface area contributed by atoms with Crippen LogP contribution in [0, 0.1) is 11.6 Å². The quantitative estimate of drug-likeness (QED) is 0.688. The lowest BCUT2D eigenvalue weighted by molar-refractivity contribution is -0.143. The lowest BCUT2D eigenvalue weighted by Gasteiger charge is -2.18. The van der Waals surface area contributed by atoms with E-state index in [1.807, 2.05) is 0 Å². The number of alkyl halides is 3. The fourth-order valence-corrected chi connectivity index (χ4v) is 2.77. The molecule has 3 rings (SSSR count). The zero-order chi connectivity index (χ0) is 19.8. The second kappa shape index (κ2) is 6.98. The van der Waals surface area contributed by atoms with Gasteiger partial charge in [0.25, 0.3) is 5.91 Å². The van der Waals surface area contributed by atoms with Gasteiger partial charge < -0.3 is 9.88 Å². The van der Waals surface area contributed by atoms with Crippen molar-refractivity contribution in [1.82, 2.24) is 14.9 Å². The number of fused-ring (bicyclic) bond motifs is 1. The summed E-state index contributed by atoms with van der Waals surface area (Å²) in [5, 5.41) is 2.80. The number of aromatic nitrogens is 2. The predicted molar refractivity (Wildman–Crippen MR) is 88.0 cm³/mol. The summed E-state index contributed by atoms with van der Waals surface area (Å²) in [6, 6.07) is 5.93. The summed E-state index contributed by atoms with van der Waals surface area (Å²) in [4.78, 5) is 16.1. The molecule has 0 spiro atoms. The average molecular weight is 383 g/mol. The highest BCUT2D eigenvalue weighted by molar-refractivity contribution is 5.94. The Morgan fingerprint density at radius 2 is 1.93 bits per heavy atom. The maximum atomic E-state index is 13.3. The molecule has 0 radical (unpaired) electrons. The monoisotopic (exact) mass is 383 g/mol. The first-order chi connectivity index (χ1) is 12.7. The van der Waals surface area contributed by atoms with Crippen LogP contribution in [0.3, 0.4) is 0 Å². The van der Waals surface area contributed by atoms with Crippen molar-refractivity contribution in [1.29, 1.82) is 0 Å². The smallest absolute Gasteiger partial charge is 0.348 e. The van der Waals surface area contributed by atoms with Crippen LogP contribution in [-0.2, 0) is 12.7 Å². The summed E-state index contributed by atoms with van der Waals surface area (Å²) >= 11 is 0. The molecule has 4 nitrogen and oxygen atoms in total. The third kappa shape index (κ3) is 3.91. The summed E-state index contributed by atoms with van der Waals surface area (Å²) in [7, 11) is 0. The van der Waals surface area contributed by atoms with Crippen LogP contribution in [0.2, 0.25) is 0 Å². The number of halogens is 5. The van der Waals surface area contributed by atoms with Crippen LogP contribution < -0.4 is 5.32 Å². The number of amides is 1. The molecule has 2 aromatic heterocycles. The Labute approximate surface area is 150 Å². The molecule has 27 heavy (non-hydrogen) atoms. The van der Waals surface area contributed by atoms with Crippen LogP contribution in [-0.4, -0.2) is 21.5 Å². The molecule has 0 saturated carbocycles. The first kappa shape index (κ1) is 18.8. The van der Waals surface area contributed by atoms with Gasteiger partial charge in [-0.25, -0.2) is 13.8 Å². The SMILES string of the molecule is C[C@H](Cn1c(C(F)(F)F)cc2cccnc21)NC(=O)c1ccc(F)c(F)c1. The molecule has 1 amide bonds. The maximum Gasteiger partial charge on any atom is 0.431 e. The van der Waals surface area contributed by atoms with E-state index in [1.165, 1.54) is 25.3 Å². The van der Waals surface area contributed by atoms with Crippen LogP contribution in [0.1, 0.15) is 23.0 Å². The molecule has 0 aliphatic carbocycles. The standard InChI is InChI=1S/C18H14F5N3O/c1-10(25-17(27)12-4-5-13(19)14(20)7-12)9-26-15(18(21,22)23)8-11-3-2-6-24-16(11)26/h2-8,10H,9H2,1H3,(H,25,27)/t10-/m1/s1. The van der Waals surface area contributed by atoms with Crippen molar-refractivity contribution < 1.29 is 26.7 Å². The molecule has 0 bridgehead atoms. The van der Waals surface area contributed by atoms with E-state index in [9.17, 15) is 26.7 Å². The molecule has 0 saturated heterocycles. The van der Waals surface area contributed by atoms with E-state index in [-0.39, 0.29) is 17.8 Å². The lowest BCUT2D eigenvalue weighted by Crippen LogP contribution is -2.36. The van der Waals surface area contributed by atoms with E-state index in [0.29, 0.717) is 5.39 Å². The molecule has 0 aliphatic heterocycles. The molecule has 0 unspecified atom stereocenters. The molecular formula is C18H14F5N3O. The second-order valence-corrected chi connectivity index (χ2v) is 6.06. The average Bonchev–Trinajstić information content (AvgIpc) is 2.96. The van der Waals surface area contributed by atoms with Gasteiger partial charge in [-0.2, -0.15) is 13.2 Å². The maximum absolute atomic E-state index is 13.3. The minimum Gasteiger partial charge on any atom is -0.348 e. The molecule has 0 fully saturated rings. The fraction of sp³-hybridized carbons (Fsp3) is 0.222. The number of carbonyl (C=O) groups excluding carboxylic acids is 1. The summed E-state index contributed by atoms with van der Waals surface area (Å²) in [6.45, 7) is 1.30. The Morgan fingerprint density at radius 3 is 2.59 bits per heavy atom. The van der Waals surface area contributed by atoms with Gasteiger partial charge in [0.2, 0.25) is 0 Å². The first-order valence-electron chi connectivity index (χ1n) is 7.94. The van der Waals surface area contributed by atoms with Crippen LogP contribution in [0.25, 0.3) is 11.0 Å². The summed E-state index contributed by atoms with van der Waals surface area (Å²) in [5.41, 5.74) is -0.879. The Hall–Kier alpha value is -2.97. The van der Waals surface area contributed by atoms with Crippen molar-refractivity contribution in [2.24, 2.45) is 0 Å². The third-order valence-corrected chi connectivity index (χ3v) is 3.96. The van der Waals surface area contributed by atoms with E-state index >= 15 is 0 Å². The topological polar surface area (TPSA) is 46.9 Å². The molecule has 1 atom stereocenters. The lowest BCUT2D eigenvalue weighted by atomic mass is 10.2. The van der Waals surface area contributed by atoms with Crippen molar-refractivity contribution in [3.63, 3.8) is 0 Å². The Kier molecular flexibility index (Phi) is 4.86. The summed E-state index contributed by atoms with van der Waals surface area (Å²) in [5.74, 6) is -3.01. The zero-order valence-corrected chi connectivity index (χ0v) is 14.0. The van der Waals surface area contributed by atoms with Gasteiger partial charge in [0.1, 0.15) is 11.3 Å². The largest absolute Gasteiger partial charge is 0.431 e. The van der Waals surface area contributed by atoms with Gasteiger partial charge >= 0.3 is 6.18 Å². The van der Waals surface area contributed by atoms with E-state index in [4.69, 9.17) is 0 Å². The minimum atomic E-state index is -4.59. The molecule has 1 N–H and O–H groups in total. The summed E-state index contributed by atoms with van der Waals surface area (Å²) < 4.78 is 67.2. The molecule has 1 aromatic carbocycles. The molecular weight excluding hydrogens is 369 g/mol. The van der Waals surface area contributed by atoms with E-state index < -0.39 is 35.5 Å². The highest BCUT2D eigenvalue weighted by Crippen LogP contribution is 2.33. The van der Waals surface area contributed by atoms with Crippen molar-refractivity contribution in [2.45, 2.75) is 25.7 Å². The van der Waals surface area contributed by atoms with Gasteiger partial charge in [0, 0.05) is 29.7 Å². The Bertz CT molecular complexity index is 996. The normalized spacial score (nSPS) is 13.0. The van der Waals surface area contributed by atoms with Crippen LogP contribution in [0.5, 0.6) is 0 Å². The highest BCUT2D eigenvalue weighted by atomic mass is 19.4. The fourth-order valence-electron chi connectivity index (χ4n) is 2.77. The number of hydrogen-bond acceptors (Lipinski definition) is 2. The van der Waals surface area contributed by atoms with E-state index in [0.717, 1.165) is 28.8 Å². The minimum absolute atomic E-state index is 0.132. The molecule has 9 heteroatoms. The number of nitrogens with one attached hydrogen (secondary N) is 1. The van der Waals surface area contributed by atoms with Gasteiger partial charge in [0.15, 0.2) is 11.6 Å². The van der Waals surface area contributed by atoms with Crippen LogP contribution in [0.15, 0.2) is 42.6 Å². The molecule has 2 heterocycles. The highest BCUT2D eigenvalue weighted by Gasteiger charge is 2.36. The number of pyridine rings is 1. The van der Waals surface area contributed by atoms with Gasteiger partial charge in [-0.15, -0.1) is 0 Å². The predicted octanol–water partition coefficient (Wildman–Crippen LogP) is 4.15. The van der Waals surface area contributed by atoms with Crippen molar-refractivity contribution >= 4 is 16.9 Å². The summed E-state index contributed by atoms with van der Waals surface area (Å²) in [6.07, 6.45) is -3.21. The number of hydrogen-bond donors (Lipinski definition) is 1. The number of nitrogens with zero attached hydrogens (tertiary/aromatic N) is 2. The van der Waals surface area contributed by atoms with Crippen molar-refractivity contribution in [2.75, 3.05) is 0 Å². The van der Waals surface area contributed by atoms with Crippen molar-refractivity contribution in [3.8, 4) is 0 Å². The van der Waals surface area contributed by atoms with Gasteiger partial charge in [-0.05, 0) is 43.3 Å². The zero-order valence-electron chi connectivity index (χ0n) is 14.0. The van der Waals surface area contributed by atoms with E-state index in [1.54, 1.807) is 0 Å². The second-order valence-electron chi connectivity index (χ2n) is 6.06. The van der Waals surface area contributed by atoms with Crippen LogP contribution >= 0.6 is 0 Å². The third-order valence-electron chi connectivity index (χ3n) is 3.96. The molecule has 0 aliphatic rings. The Morgan fingerprint density at radius 1 is 1.19 bits per heavy atom. The van der Waals surface area contributed by atoms with Gasteiger partial charge in [-0.1, -0.05) is 0 Å². The number of rotatable bonds is 4. The van der Waals surface area contributed by atoms with Gasteiger partial charge in [0.05, 0.1) is 0 Å². The van der Waals surface area contributed by atoms with E-state index in [2.05, 4.69) is 10.3 Å². The molecule has 142 valence electrons. The molecule has 3 aromatic rings. The van der Waals surface area contributed by atoms with Gasteiger partial charge in [-0.3, -0.25) is 4.79 Å².